The average molecular weight is 240 g/mol. The van der Waals surface area contributed by atoms with Crippen molar-refractivity contribution in [2.24, 2.45) is 11.3 Å². The first kappa shape index (κ1) is 15.0. The molecule has 0 bridgehead atoms. The number of hydrogen-bond donors (Lipinski definition) is 1. The second kappa shape index (κ2) is 6.75. The molecule has 0 radical (unpaired) electrons. The first-order valence-corrected chi connectivity index (χ1v) is 7.50. The van der Waals surface area contributed by atoms with Crippen LogP contribution in [0.25, 0.3) is 0 Å². The average Bonchev–Trinajstić information content (AvgIpc) is 2.29. The number of nitrogens with one attached hydrogen (secondary N) is 1. The van der Waals surface area contributed by atoms with Crippen LogP contribution >= 0.6 is 0 Å². The maximum atomic E-state index is 3.75. The van der Waals surface area contributed by atoms with E-state index in [1.165, 1.54) is 38.9 Å². The fourth-order valence-electron chi connectivity index (χ4n) is 3.45. The monoisotopic (exact) mass is 240 g/mol. The van der Waals surface area contributed by atoms with Gasteiger partial charge >= 0.3 is 0 Å². The second-order valence-corrected chi connectivity index (χ2v) is 6.16. The Bertz CT molecular complexity index is 209. The van der Waals surface area contributed by atoms with Crippen molar-refractivity contribution >= 4 is 0 Å². The van der Waals surface area contributed by atoms with Gasteiger partial charge in [0.2, 0.25) is 0 Å². The second-order valence-electron chi connectivity index (χ2n) is 6.16. The molecule has 1 fully saturated rings. The molecular formula is C15H32N2. The summed E-state index contributed by atoms with van der Waals surface area (Å²) >= 11 is 0. The Kier molecular flexibility index (Phi) is 5.94. The Hall–Kier alpha value is -0.0800. The normalized spacial score (nSPS) is 28.6. The molecule has 0 saturated heterocycles. The summed E-state index contributed by atoms with van der Waals surface area (Å²) in [7, 11) is 0. The Labute approximate surface area is 108 Å². The van der Waals surface area contributed by atoms with Crippen molar-refractivity contribution < 1.29 is 0 Å². The van der Waals surface area contributed by atoms with Crippen LogP contribution in [0.15, 0.2) is 0 Å². The highest BCUT2D eigenvalue weighted by Crippen LogP contribution is 2.39. The summed E-state index contributed by atoms with van der Waals surface area (Å²) in [6.45, 7) is 16.4. The third-order valence-corrected chi connectivity index (χ3v) is 4.52. The van der Waals surface area contributed by atoms with Crippen molar-refractivity contribution in [1.82, 2.24) is 10.2 Å². The van der Waals surface area contributed by atoms with Gasteiger partial charge in [0.25, 0.3) is 0 Å². The molecule has 1 aliphatic rings. The molecule has 0 aliphatic heterocycles. The van der Waals surface area contributed by atoms with Crippen LogP contribution in [0.5, 0.6) is 0 Å². The van der Waals surface area contributed by atoms with E-state index in [0.717, 1.165) is 12.5 Å². The fourth-order valence-corrected chi connectivity index (χ4v) is 3.45. The van der Waals surface area contributed by atoms with Gasteiger partial charge in [-0.2, -0.15) is 0 Å². The summed E-state index contributed by atoms with van der Waals surface area (Å²) < 4.78 is 0. The predicted octanol–water partition coefficient (Wildman–Crippen LogP) is 3.13. The molecule has 102 valence electrons. The third kappa shape index (κ3) is 3.96. The van der Waals surface area contributed by atoms with E-state index in [9.17, 15) is 0 Å². The molecule has 2 nitrogen and oxygen atoms in total. The molecule has 0 aromatic heterocycles. The molecule has 1 rings (SSSR count). The van der Waals surface area contributed by atoms with Gasteiger partial charge in [-0.25, -0.2) is 0 Å². The van der Waals surface area contributed by atoms with Gasteiger partial charge in [0.1, 0.15) is 0 Å². The van der Waals surface area contributed by atoms with Crippen LogP contribution in [0.2, 0.25) is 0 Å². The molecule has 0 spiro atoms. The molecule has 2 heteroatoms. The summed E-state index contributed by atoms with van der Waals surface area (Å²) in [6.07, 6.45) is 4.18. The third-order valence-electron chi connectivity index (χ3n) is 4.52. The minimum absolute atomic E-state index is 0.464. The Balaban J connectivity index is 2.66. The minimum atomic E-state index is 0.464. The van der Waals surface area contributed by atoms with E-state index in [-0.39, 0.29) is 0 Å². The smallest absolute Gasteiger partial charge is 0.0159 e. The molecule has 2 unspecified atom stereocenters. The molecule has 0 heterocycles. The van der Waals surface area contributed by atoms with Gasteiger partial charge in [0.05, 0.1) is 0 Å². The SMILES string of the molecule is CCNC1C(CN(CC)CC)CCCC1(C)C. The Morgan fingerprint density at radius 3 is 2.35 bits per heavy atom. The van der Waals surface area contributed by atoms with Crippen molar-refractivity contribution in [2.75, 3.05) is 26.2 Å². The summed E-state index contributed by atoms with van der Waals surface area (Å²) in [5.41, 5.74) is 0.464. The van der Waals surface area contributed by atoms with Gasteiger partial charge in [-0.05, 0) is 43.8 Å². The lowest BCUT2D eigenvalue weighted by molar-refractivity contribution is 0.0825. The fraction of sp³-hybridized carbons (Fsp3) is 1.00. The van der Waals surface area contributed by atoms with Crippen LogP contribution in [0, 0.1) is 11.3 Å². The molecule has 0 aromatic rings. The van der Waals surface area contributed by atoms with Gasteiger partial charge in [0, 0.05) is 12.6 Å². The van der Waals surface area contributed by atoms with E-state index < -0.39 is 0 Å². The Morgan fingerprint density at radius 2 is 1.82 bits per heavy atom. The summed E-state index contributed by atoms with van der Waals surface area (Å²) in [5, 5.41) is 3.75. The zero-order valence-corrected chi connectivity index (χ0v) is 12.6. The molecule has 0 amide bonds. The van der Waals surface area contributed by atoms with E-state index in [4.69, 9.17) is 0 Å². The lowest BCUT2D eigenvalue weighted by Crippen LogP contribution is -2.52. The van der Waals surface area contributed by atoms with E-state index in [1.807, 2.05) is 0 Å². The van der Waals surface area contributed by atoms with Crippen LogP contribution in [-0.2, 0) is 0 Å². The molecule has 2 atom stereocenters. The highest BCUT2D eigenvalue weighted by Gasteiger charge is 2.38. The van der Waals surface area contributed by atoms with Crippen LogP contribution < -0.4 is 5.32 Å². The van der Waals surface area contributed by atoms with Gasteiger partial charge in [-0.15, -0.1) is 0 Å². The van der Waals surface area contributed by atoms with Crippen LogP contribution in [-0.4, -0.2) is 37.1 Å². The van der Waals surface area contributed by atoms with E-state index in [1.54, 1.807) is 0 Å². The van der Waals surface area contributed by atoms with Crippen LogP contribution in [0.3, 0.4) is 0 Å². The summed E-state index contributed by atoms with van der Waals surface area (Å²) in [4.78, 5) is 2.58. The highest BCUT2D eigenvalue weighted by atomic mass is 15.1. The van der Waals surface area contributed by atoms with Crippen molar-refractivity contribution in [1.29, 1.82) is 0 Å². The molecular weight excluding hydrogens is 208 g/mol. The standard InChI is InChI=1S/C15H32N2/c1-6-16-14-13(12-17(7-2)8-3)10-9-11-15(14,4)5/h13-14,16H,6-12H2,1-5H3. The van der Waals surface area contributed by atoms with Gasteiger partial charge in [0.15, 0.2) is 0 Å². The molecule has 1 N–H and O–H groups in total. The lowest BCUT2D eigenvalue weighted by atomic mass is 9.67. The quantitative estimate of drug-likeness (QED) is 0.767. The highest BCUT2D eigenvalue weighted by molar-refractivity contribution is 4.94. The van der Waals surface area contributed by atoms with Crippen molar-refractivity contribution in [2.45, 2.75) is 59.9 Å². The molecule has 1 aliphatic carbocycles. The Morgan fingerprint density at radius 1 is 1.18 bits per heavy atom. The minimum Gasteiger partial charge on any atom is -0.313 e. The molecule has 1 saturated carbocycles. The van der Waals surface area contributed by atoms with Crippen molar-refractivity contribution in [3.63, 3.8) is 0 Å². The molecule has 0 aromatic carbocycles. The first-order chi connectivity index (χ1) is 8.05. The largest absolute Gasteiger partial charge is 0.313 e. The van der Waals surface area contributed by atoms with E-state index in [0.29, 0.717) is 11.5 Å². The van der Waals surface area contributed by atoms with Crippen molar-refractivity contribution in [3.05, 3.63) is 0 Å². The number of hydrogen-bond acceptors (Lipinski definition) is 2. The van der Waals surface area contributed by atoms with Crippen LogP contribution in [0.1, 0.15) is 53.9 Å². The maximum absolute atomic E-state index is 3.75. The van der Waals surface area contributed by atoms with Gasteiger partial charge in [-0.3, -0.25) is 0 Å². The zero-order chi connectivity index (χ0) is 12.9. The number of nitrogens with zero attached hydrogens (tertiary/aromatic N) is 1. The first-order valence-electron chi connectivity index (χ1n) is 7.50. The van der Waals surface area contributed by atoms with E-state index >= 15 is 0 Å². The zero-order valence-electron chi connectivity index (χ0n) is 12.6. The van der Waals surface area contributed by atoms with Gasteiger partial charge < -0.3 is 10.2 Å². The number of rotatable bonds is 6. The maximum Gasteiger partial charge on any atom is 0.0159 e. The molecule has 17 heavy (non-hydrogen) atoms. The van der Waals surface area contributed by atoms with Crippen LogP contribution in [0.4, 0.5) is 0 Å². The predicted molar refractivity (Wildman–Crippen MR) is 76.4 cm³/mol. The lowest BCUT2D eigenvalue weighted by Gasteiger charge is -2.46. The summed E-state index contributed by atoms with van der Waals surface area (Å²) in [6, 6.07) is 0.696. The topological polar surface area (TPSA) is 15.3 Å². The van der Waals surface area contributed by atoms with Crippen molar-refractivity contribution in [3.8, 4) is 0 Å². The summed E-state index contributed by atoms with van der Waals surface area (Å²) in [5.74, 6) is 0.832. The van der Waals surface area contributed by atoms with Gasteiger partial charge in [-0.1, -0.05) is 41.0 Å². The van der Waals surface area contributed by atoms with E-state index in [2.05, 4.69) is 44.8 Å².